The minimum Gasteiger partial charge on any atom is -0.396 e. The van der Waals surface area contributed by atoms with E-state index in [-0.39, 0.29) is 12.5 Å². The van der Waals surface area contributed by atoms with Crippen LogP contribution in [0.15, 0.2) is 6.20 Å². The number of nitrogens with zero attached hydrogens (tertiary/aromatic N) is 2. The zero-order valence-electron chi connectivity index (χ0n) is 11.8. The monoisotopic (exact) mass is 271 g/mol. The van der Waals surface area contributed by atoms with Gasteiger partial charge in [-0.05, 0) is 26.7 Å². The zero-order chi connectivity index (χ0) is 13.5. The average Bonchev–Trinajstić information content (AvgIpc) is 2.85. The second kappa shape index (κ2) is 7.71. The van der Waals surface area contributed by atoms with Crippen molar-refractivity contribution in [1.82, 2.24) is 10.3 Å². The maximum atomic E-state index is 9.09. The van der Waals surface area contributed by atoms with Gasteiger partial charge in [0.2, 0.25) is 0 Å². The van der Waals surface area contributed by atoms with Crippen LogP contribution in [-0.2, 0) is 6.54 Å². The van der Waals surface area contributed by atoms with E-state index in [9.17, 15) is 0 Å². The minimum atomic E-state index is 0.224. The zero-order valence-corrected chi connectivity index (χ0v) is 12.6. The van der Waals surface area contributed by atoms with Gasteiger partial charge in [0, 0.05) is 43.4 Å². The maximum Gasteiger partial charge on any atom is 0.185 e. The lowest BCUT2D eigenvalue weighted by molar-refractivity contribution is 0.207. The Labute approximate surface area is 114 Å². The van der Waals surface area contributed by atoms with Crippen molar-refractivity contribution in [2.75, 3.05) is 24.6 Å². The molecule has 4 nitrogen and oxygen atoms in total. The molecule has 1 aromatic heterocycles. The van der Waals surface area contributed by atoms with E-state index in [4.69, 9.17) is 5.11 Å². The van der Waals surface area contributed by atoms with Gasteiger partial charge in [0.25, 0.3) is 0 Å². The van der Waals surface area contributed by atoms with Gasteiger partial charge in [-0.3, -0.25) is 0 Å². The van der Waals surface area contributed by atoms with Crippen LogP contribution in [0.1, 0.15) is 32.6 Å². The van der Waals surface area contributed by atoms with E-state index < -0.39 is 0 Å². The topological polar surface area (TPSA) is 48.4 Å². The van der Waals surface area contributed by atoms with E-state index >= 15 is 0 Å². The molecular formula is C13H25N3OS. The fraction of sp³-hybridized carbons (Fsp3) is 0.769. The van der Waals surface area contributed by atoms with Gasteiger partial charge in [0.05, 0.1) is 0 Å². The summed E-state index contributed by atoms with van der Waals surface area (Å²) in [5.41, 5.74) is 0. The van der Waals surface area contributed by atoms with E-state index in [2.05, 4.69) is 36.0 Å². The van der Waals surface area contributed by atoms with Crippen LogP contribution in [-0.4, -0.2) is 35.8 Å². The molecule has 5 heteroatoms. The first-order chi connectivity index (χ1) is 8.62. The molecule has 0 fully saturated rings. The van der Waals surface area contributed by atoms with E-state index in [0.29, 0.717) is 6.04 Å². The quantitative estimate of drug-likeness (QED) is 0.760. The number of aromatic nitrogens is 1. The van der Waals surface area contributed by atoms with Crippen molar-refractivity contribution in [3.8, 4) is 0 Å². The van der Waals surface area contributed by atoms with Crippen LogP contribution in [0.5, 0.6) is 0 Å². The number of aliphatic hydroxyl groups is 1. The standard InChI is InChI=1S/C13H25N3OS/c1-5-16(6-2)13-15-8-12(18-13)7-14-11(4)10(3)9-17/h8,10-11,14,17H,5-7,9H2,1-4H3. The first-order valence-electron chi connectivity index (χ1n) is 6.66. The Morgan fingerprint density at radius 2 is 2.06 bits per heavy atom. The summed E-state index contributed by atoms with van der Waals surface area (Å²) in [5.74, 6) is 0.278. The summed E-state index contributed by atoms with van der Waals surface area (Å²) in [4.78, 5) is 7.96. The lowest BCUT2D eigenvalue weighted by Crippen LogP contribution is -2.33. The molecule has 0 radical (unpaired) electrons. The highest BCUT2D eigenvalue weighted by atomic mass is 32.1. The molecule has 104 valence electrons. The molecule has 0 aromatic carbocycles. The van der Waals surface area contributed by atoms with Crippen molar-refractivity contribution >= 4 is 16.5 Å². The van der Waals surface area contributed by atoms with Crippen LogP contribution in [0.3, 0.4) is 0 Å². The molecule has 1 rings (SSSR count). The summed E-state index contributed by atoms with van der Waals surface area (Å²) < 4.78 is 0. The molecule has 0 saturated carbocycles. The average molecular weight is 271 g/mol. The molecular weight excluding hydrogens is 246 g/mol. The van der Waals surface area contributed by atoms with Crippen LogP contribution >= 0.6 is 11.3 Å². The molecule has 0 aliphatic rings. The third-order valence-electron chi connectivity index (χ3n) is 3.32. The van der Waals surface area contributed by atoms with Crippen LogP contribution in [0.25, 0.3) is 0 Å². The van der Waals surface area contributed by atoms with Gasteiger partial charge >= 0.3 is 0 Å². The van der Waals surface area contributed by atoms with E-state index in [0.717, 1.165) is 24.8 Å². The molecule has 0 saturated heterocycles. The van der Waals surface area contributed by atoms with Crippen molar-refractivity contribution < 1.29 is 5.11 Å². The van der Waals surface area contributed by atoms with E-state index in [1.807, 2.05) is 13.1 Å². The Hall–Kier alpha value is -0.650. The van der Waals surface area contributed by atoms with Gasteiger partial charge in [0.15, 0.2) is 5.13 Å². The molecule has 18 heavy (non-hydrogen) atoms. The highest BCUT2D eigenvalue weighted by Crippen LogP contribution is 2.22. The number of rotatable bonds is 8. The molecule has 2 unspecified atom stereocenters. The van der Waals surface area contributed by atoms with Crippen LogP contribution < -0.4 is 10.2 Å². The van der Waals surface area contributed by atoms with Crippen molar-refractivity contribution in [1.29, 1.82) is 0 Å². The SMILES string of the molecule is CCN(CC)c1ncc(CNC(C)C(C)CO)s1. The maximum absolute atomic E-state index is 9.09. The predicted molar refractivity (Wildman–Crippen MR) is 78.2 cm³/mol. The Balaban J connectivity index is 2.49. The van der Waals surface area contributed by atoms with E-state index in [1.165, 1.54) is 4.88 Å². The van der Waals surface area contributed by atoms with Crippen molar-refractivity contribution in [2.45, 2.75) is 40.3 Å². The smallest absolute Gasteiger partial charge is 0.185 e. The van der Waals surface area contributed by atoms with Crippen molar-refractivity contribution in [2.24, 2.45) is 5.92 Å². The molecule has 2 atom stereocenters. The number of aliphatic hydroxyl groups excluding tert-OH is 1. The second-order valence-corrected chi connectivity index (χ2v) is 5.70. The Morgan fingerprint density at radius 1 is 1.39 bits per heavy atom. The normalized spacial score (nSPS) is 14.5. The summed E-state index contributed by atoms with van der Waals surface area (Å²) in [6.45, 7) is 11.5. The summed E-state index contributed by atoms with van der Waals surface area (Å²) in [5, 5.41) is 13.6. The molecule has 1 aromatic rings. The van der Waals surface area contributed by atoms with Crippen LogP contribution in [0.2, 0.25) is 0 Å². The molecule has 1 heterocycles. The summed E-state index contributed by atoms with van der Waals surface area (Å²) in [6.07, 6.45) is 1.95. The van der Waals surface area contributed by atoms with Gasteiger partial charge in [-0.15, -0.1) is 11.3 Å². The van der Waals surface area contributed by atoms with Gasteiger partial charge in [-0.1, -0.05) is 6.92 Å². The first kappa shape index (κ1) is 15.4. The minimum absolute atomic E-state index is 0.224. The Morgan fingerprint density at radius 3 is 2.61 bits per heavy atom. The fourth-order valence-corrected chi connectivity index (χ4v) is 2.63. The number of nitrogens with one attached hydrogen (secondary N) is 1. The molecule has 0 bridgehead atoms. The van der Waals surface area contributed by atoms with Crippen molar-refractivity contribution in [3.63, 3.8) is 0 Å². The largest absolute Gasteiger partial charge is 0.396 e. The Kier molecular flexibility index (Phi) is 6.60. The van der Waals surface area contributed by atoms with Gasteiger partial charge < -0.3 is 15.3 Å². The summed E-state index contributed by atoms with van der Waals surface area (Å²) in [7, 11) is 0. The van der Waals surface area contributed by atoms with Crippen molar-refractivity contribution in [3.05, 3.63) is 11.1 Å². The third-order valence-corrected chi connectivity index (χ3v) is 4.37. The third kappa shape index (κ3) is 4.23. The number of thiazole rings is 1. The number of hydrogen-bond donors (Lipinski definition) is 2. The molecule has 0 amide bonds. The summed E-state index contributed by atoms with van der Waals surface area (Å²) in [6, 6.07) is 0.314. The van der Waals surface area contributed by atoms with Crippen LogP contribution in [0, 0.1) is 5.92 Å². The van der Waals surface area contributed by atoms with Gasteiger partial charge in [-0.25, -0.2) is 4.98 Å². The number of hydrogen-bond acceptors (Lipinski definition) is 5. The molecule has 0 aliphatic heterocycles. The fourth-order valence-electron chi connectivity index (χ4n) is 1.64. The van der Waals surface area contributed by atoms with Crippen LogP contribution in [0.4, 0.5) is 5.13 Å². The van der Waals surface area contributed by atoms with E-state index in [1.54, 1.807) is 11.3 Å². The number of anilines is 1. The van der Waals surface area contributed by atoms with Gasteiger partial charge in [-0.2, -0.15) is 0 Å². The lowest BCUT2D eigenvalue weighted by Gasteiger charge is -2.18. The summed E-state index contributed by atoms with van der Waals surface area (Å²) >= 11 is 1.74. The first-order valence-corrected chi connectivity index (χ1v) is 7.47. The highest BCUT2D eigenvalue weighted by molar-refractivity contribution is 7.15. The molecule has 0 spiro atoms. The Bertz CT molecular complexity index is 339. The molecule has 2 N–H and O–H groups in total. The molecule has 0 aliphatic carbocycles. The highest BCUT2D eigenvalue weighted by Gasteiger charge is 2.12. The second-order valence-electron chi connectivity index (χ2n) is 4.61. The van der Waals surface area contributed by atoms with Gasteiger partial charge in [0.1, 0.15) is 0 Å². The lowest BCUT2D eigenvalue weighted by atomic mass is 10.1. The predicted octanol–water partition coefficient (Wildman–Crippen LogP) is 2.10.